The molecule has 0 amide bonds. The fourth-order valence-corrected chi connectivity index (χ4v) is 10.2. The minimum absolute atomic E-state index is 0. The number of fused-ring (bicyclic) bond motifs is 5. The molecule has 3 fully saturated rings. The van der Waals surface area contributed by atoms with Crippen LogP contribution in [0.15, 0.2) is 102 Å². The Bertz CT molecular complexity index is 2330. The molecule has 348 valence electrons. The van der Waals surface area contributed by atoms with Gasteiger partial charge >= 0.3 is 30.0 Å². The van der Waals surface area contributed by atoms with Crippen LogP contribution in [0.2, 0.25) is 0 Å². The number of halogens is 1. The molecule has 3 aromatic rings. The molecule has 0 unspecified atom stereocenters. The Morgan fingerprint density at radius 3 is 2.03 bits per heavy atom. The van der Waals surface area contributed by atoms with Crippen molar-refractivity contribution in [2.75, 3.05) is 6.61 Å². The van der Waals surface area contributed by atoms with Crippen LogP contribution in [0.5, 0.6) is 0 Å². The number of Topliss-reactive ketones (excluding diaryl/α,β-unsaturated/α-hetero) is 1. The van der Waals surface area contributed by atoms with Crippen molar-refractivity contribution in [3.8, 4) is 0 Å². The Labute approximate surface area is 382 Å². The van der Waals surface area contributed by atoms with Gasteiger partial charge in [-0.15, -0.1) is 12.4 Å². The molecule has 7 rings (SSSR count). The van der Waals surface area contributed by atoms with E-state index in [0.717, 1.165) is 13.8 Å². The largest absolute Gasteiger partial charge is 0.509 e. The van der Waals surface area contributed by atoms with Crippen LogP contribution in [0, 0.1) is 16.7 Å². The Kier molecular flexibility index (Phi) is 14.0. The van der Waals surface area contributed by atoms with Crippen molar-refractivity contribution in [1.29, 1.82) is 0 Å². The van der Waals surface area contributed by atoms with E-state index in [9.17, 15) is 34.2 Å². The SMILES string of the molecule is CC(=O)O[C@H]1C(=O)[C@@]2(C)[C@H]([C@H](OC(=O)c3ccccc3)[C@]3(O)C[C@H](OC(=O)[C@H](OC(=O)OCc4ccccc4)[C@@H](N)c4ccccc4)C(C)=C1C3(C)C)[C@]1(OC(C)=O)CO[C@@H]1C[C@@H]2O.Cl. The molecule has 0 radical (unpaired) electrons. The molecule has 65 heavy (non-hydrogen) atoms. The minimum Gasteiger partial charge on any atom is -0.455 e. The van der Waals surface area contributed by atoms with Gasteiger partial charge in [-0.05, 0) is 48.3 Å². The summed E-state index contributed by atoms with van der Waals surface area (Å²) in [7, 11) is 0. The summed E-state index contributed by atoms with van der Waals surface area (Å²) < 4.78 is 41.4. The smallest absolute Gasteiger partial charge is 0.455 e. The highest BCUT2D eigenvalue weighted by atomic mass is 35.5. The Morgan fingerprint density at radius 1 is 0.862 bits per heavy atom. The van der Waals surface area contributed by atoms with Crippen LogP contribution in [0.25, 0.3) is 0 Å². The lowest BCUT2D eigenvalue weighted by atomic mass is 9.44. The van der Waals surface area contributed by atoms with E-state index < -0.39 is 113 Å². The molecule has 1 aliphatic heterocycles. The third-order valence-electron chi connectivity index (χ3n) is 13.6. The van der Waals surface area contributed by atoms with Gasteiger partial charge in [-0.3, -0.25) is 14.4 Å². The second-order valence-electron chi connectivity index (χ2n) is 17.7. The monoisotopic (exact) mass is 919 g/mol. The van der Waals surface area contributed by atoms with Crippen LogP contribution < -0.4 is 5.73 Å². The van der Waals surface area contributed by atoms with Crippen LogP contribution in [-0.2, 0) is 58.9 Å². The Morgan fingerprint density at radius 2 is 1.46 bits per heavy atom. The van der Waals surface area contributed by atoms with Crippen LogP contribution in [0.4, 0.5) is 4.79 Å². The number of ether oxygens (including phenoxy) is 7. The van der Waals surface area contributed by atoms with Crippen molar-refractivity contribution >= 4 is 48.2 Å². The first-order chi connectivity index (χ1) is 30.3. The topological polar surface area (TPSA) is 234 Å². The van der Waals surface area contributed by atoms with Gasteiger partial charge in [0, 0.05) is 32.1 Å². The van der Waals surface area contributed by atoms with E-state index >= 15 is 4.79 Å². The molecule has 2 bridgehead atoms. The number of benzene rings is 3. The van der Waals surface area contributed by atoms with E-state index in [4.69, 9.17) is 38.9 Å². The maximum atomic E-state index is 15.5. The third-order valence-corrected chi connectivity index (χ3v) is 13.6. The normalized spacial score (nSPS) is 30.7. The van der Waals surface area contributed by atoms with Crippen molar-refractivity contribution in [3.63, 3.8) is 0 Å². The highest BCUT2D eigenvalue weighted by Crippen LogP contribution is 2.64. The number of aliphatic hydroxyl groups is 2. The fraction of sp³-hybridized carbons (Fsp3) is 0.458. The molecule has 0 spiro atoms. The van der Waals surface area contributed by atoms with E-state index in [1.54, 1.807) is 92.7 Å². The van der Waals surface area contributed by atoms with Gasteiger partial charge in [0.05, 0.1) is 35.6 Å². The number of rotatable bonds is 11. The predicted molar refractivity (Wildman–Crippen MR) is 231 cm³/mol. The van der Waals surface area contributed by atoms with E-state index in [2.05, 4.69) is 0 Å². The zero-order valence-electron chi connectivity index (χ0n) is 36.8. The summed E-state index contributed by atoms with van der Waals surface area (Å²) in [6.45, 7) is 7.78. The zero-order chi connectivity index (χ0) is 46.4. The van der Waals surface area contributed by atoms with Crippen LogP contribution >= 0.6 is 12.4 Å². The van der Waals surface area contributed by atoms with Crippen molar-refractivity contribution in [2.24, 2.45) is 22.5 Å². The second-order valence-corrected chi connectivity index (χ2v) is 17.7. The number of hydrogen-bond donors (Lipinski definition) is 3. The quantitative estimate of drug-likeness (QED) is 0.130. The second kappa shape index (κ2) is 18.7. The number of hydrogen-bond acceptors (Lipinski definition) is 16. The van der Waals surface area contributed by atoms with E-state index in [-0.39, 0.29) is 48.8 Å². The first-order valence-electron chi connectivity index (χ1n) is 21.0. The summed E-state index contributed by atoms with van der Waals surface area (Å²) in [5.74, 6) is -6.21. The van der Waals surface area contributed by atoms with E-state index in [1.165, 1.54) is 26.0 Å². The average molecular weight is 920 g/mol. The molecule has 0 aromatic heterocycles. The average Bonchev–Trinajstić information content (AvgIpc) is 3.26. The van der Waals surface area contributed by atoms with Crippen LogP contribution in [-0.4, -0.2) is 100 Å². The summed E-state index contributed by atoms with van der Waals surface area (Å²) in [6, 6.07) is 23.6. The molecule has 2 saturated carbocycles. The molecule has 3 aliphatic carbocycles. The summed E-state index contributed by atoms with van der Waals surface area (Å²) in [6.07, 6.45) is -11.6. The molecule has 3 aromatic carbocycles. The van der Waals surface area contributed by atoms with Crippen LogP contribution in [0.1, 0.15) is 81.9 Å². The third kappa shape index (κ3) is 8.65. The molecule has 4 aliphatic rings. The maximum absolute atomic E-state index is 15.5. The van der Waals surface area contributed by atoms with Gasteiger partial charge in [-0.1, -0.05) is 92.7 Å². The number of aliphatic hydroxyl groups excluding tert-OH is 1. The lowest BCUT2D eigenvalue weighted by Crippen LogP contribution is -2.82. The molecule has 4 N–H and O–H groups in total. The van der Waals surface area contributed by atoms with Gasteiger partial charge in [-0.25, -0.2) is 14.4 Å². The number of nitrogens with two attached hydrogens (primary N) is 1. The van der Waals surface area contributed by atoms with E-state index in [0.29, 0.717) is 11.1 Å². The van der Waals surface area contributed by atoms with Gasteiger partial charge in [0.2, 0.25) is 6.10 Å². The van der Waals surface area contributed by atoms with Crippen molar-refractivity contribution in [3.05, 3.63) is 119 Å². The lowest BCUT2D eigenvalue weighted by Gasteiger charge is -2.67. The molecule has 1 saturated heterocycles. The first-order valence-corrected chi connectivity index (χ1v) is 21.0. The van der Waals surface area contributed by atoms with Crippen LogP contribution in [0.3, 0.4) is 0 Å². The highest BCUT2D eigenvalue weighted by molar-refractivity contribution is 5.95. The first kappa shape index (κ1) is 48.8. The van der Waals surface area contributed by atoms with Gasteiger partial charge in [0.25, 0.3) is 0 Å². The summed E-state index contributed by atoms with van der Waals surface area (Å²) >= 11 is 0. The summed E-state index contributed by atoms with van der Waals surface area (Å²) in [4.78, 5) is 83.8. The minimum atomic E-state index is -2.40. The number of ketones is 1. The fourth-order valence-electron chi connectivity index (χ4n) is 10.2. The van der Waals surface area contributed by atoms with Crippen molar-refractivity contribution in [1.82, 2.24) is 0 Å². The number of esters is 4. The van der Waals surface area contributed by atoms with Gasteiger partial charge in [0.1, 0.15) is 30.5 Å². The molecule has 1 heterocycles. The van der Waals surface area contributed by atoms with Crippen molar-refractivity contribution in [2.45, 2.75) is 115 Å². The van der Waals surface area contributed by atoms with Crippen molar-refractivity contribution < 1.29 is 72.1 Å². The van der Waals surface area contributed by atoms with Gasteiger partial charge in [0.15, 0.2) is 17.5 Å². The standard InChI is InChI=1S/C48H53NO15.ClH/c1-26-32(61-43(55)38(36(49)30-18-12-8-13-19-30)62-44(56)58-24-29-16-10-7-11-17-29)23-48(57)41(63-42(54)31-20-14-9-15-21-31)39-46(6,33(52)22-34-47(39,25-59-34)64-28(3)51)40(53)37(60-27(2)50)35(26)45(48,4)5;/h7-21,32-34,36-39,41,52,57H,22-25,49H2,1-6H3;1H/t32-,33-,34+,36-,37+,38+,39-,41-,46+,47-,48+;/m0./s1. The number of carbonyl (C=O) groups excluding carboxylic acids is 6. The van der Waals surface area contributed by atoms with E-state index in [1.807, 2.05) is 0 Å². The summed E-state index contributed by atoms with van der Waals surface area (Å²) in [5, 5.41) is 25.8. The number of carbonyl (C=O) groups is 6. The Hall–Kier alpha value is -5.65. The maximum Gasteiger partial charge on any atom is 0.509 e. The molecular weight excluding hydrogens is 866 g/mol. The predicted octanol–water partition coefficient (Wildman–Crippen LogP) is 5.05. The molecular formula is C48H54ClNO15. The Balaban J connectivity index is 0.00000700. The zero-order valence-corrected chi connectivity index (χ0v) is 37.6. The van der Waals surface area contributed by atoms with Gasteiger partial charge in [-0.2, -0.15) is 0 Å². The lowest BCUT2D eigenvalue weighted by molar-refractivity contribution is -0.346. The van der Waals surface area contributed by atoms with Gasteiger partial charge < -0.3 is 49.1 Å². The molecule has 16 nitrogen and oxygen atoms in total. The highest BCUT2D eigenvalue weighted by Gasteiger charge is 2.78. The summed E-state index contributed by atoms with van der Waals surface area (Å²) in [5.41, 5.74) is -0.0343. The molecule has 11 atom stereocenters. The molecule has 17 heteroatoms.